The van der Waals surface area contributed by atoms with Gasteiger partial charge in [0.1, 0.15) is 85.0 Å². The predicted octanol–water partition coefficient (Wildman–Crippen LogP) is -1.68. The summed E-state index contributed by atoms with van der Waals surface area (Å²) in [5.74, 6) is -0.319. The second-order valence-electron chi connectivity index (χ2n) is 24.2. The van der Waals surface area contributed by atoms with Gasteiger partial charge in [0.25, 0.3) is 0 Å². The molecule has 0 bridgehead atoms. The number of ether oxygens (including phenoxy) is 7. The lowest BCUT2D eigenvalue weighted by molar-refractivity contribution is -0.347. The molecular weight excluding hydrogens is 937 g/mol. The molecule has 3 saturated heterocycles. The Labute approximate surface area is 415 Å². The fraction of sp³-hybridized carbons (Fsp3) is 0.980. The van der Waals surface area contributed by atoms with E-state index in [0.717, 1.165) is 38.5 Å². The molecule has 5 aliphatic carbocycles. The van der Waals surface area contributed by atoms with Gasteiger partial charge in [-0.15, -0.1) is 0 Å². The monoisotopic (exact) mass is 1020 g/mol. The SMILES string of the molecule is CC(=O)OC(CCC(C)C1C(O)CC2(C)C3CCC4C(C)(CO)C(OC5OC(CO)C(O)C(O)C5O)CCC45CC35CCC12C)C(C)(C)OC1OC(COC2OC(CO)C(O)C(O)C2O)C(O)C(O)C1O. The first kappa shape index (κ1) is 55.9. The van der Waals surface area contributed by atoms with Crippen LogP contribution in [0.5, 0.6) is 0 Å². The lowest BCUT2D eigenvalue weighted by Crippen LogP contribution is -2.63. The van der Waals surface area contributed by atoms with Crippen LogP contribution in [-0.2, 0) is 38.0 Å². The number of aliphatic hydroxyl groups excluding tert-OH is 13. The Balaban J connectivity index is 0.926. The highest BCUT2D eigenvalue weighted by Crippen LogP contribution is 2.89. The molecule has 5 saturated carbocycles. The van der Waals surface area contributed by atoms with Gasteiger partial charge < -0.3 is 99.5 Å². The van der Waals surface area contributed by atoms with Crippen LogP contribution >= 0.6 is 0 Å². The van der Waals surface area contributed by atoms with Gasteiger partial charge in [-0.1, -0.05) is 27.7 Å². The van der Waals surface area contributed by atoms with Gasteiger partial charge in [0.2, 0.25) is 0 Å². The molecule has 3 heterocycles. The van der Waals surface area contributed by atoms with Crippen molar-refractivity contribution in [2.45, 2.75) is 229 Å². The number of carbonyl (C=O) groups excluding carboxylic acids is 1. The van der Waals surface area contributed by atoms with Crippen LogP contribution in [0.2, 0.25) is 0 Å². The molecule has 8 fully saturated rings. The van der Waals surface area contributed by atoms with E-state index in [1.807, 2.05) is 6.92 Å². The molecule has 0 aromatic carbocycles. The molecule has 0 aromatic heterocycles. The fourth-order valence-electron chi connectivity index (χ4n) is 16.3. The summed E-state index contributed by atoms with van der Waals surface area (Å²) in [6.07, 6.45) is -17.7. The van der Waals surface area contributed by atoms with Crippen molar-refractivity contribution in [3.05, 3.63) is 0 Å². The lowest BCUT2D eigenvalue weighted by Gasteiger charge is -2.63. The second kappa shape index (κ2) is 20.3. The maximum atomic E-state index is 12.7. The number of aliphatic hydroxyl groups is 13. The molecule has 8 aliphatic rings. The van der Waals surface area contributed by atoms with E-state index in [0.29, 0.717) is 31.6 Å². The Hall–Kier alpha value is -1.29. The molecule has 13 N–H and O–H groups in total. The van der Waals surface area contributed by atoms with Crippen LogP contribution in [0, 0.1) is 50.7 Å². The highest BCUT2D eigenvalue weighted by molar-refractivity contribution is 5.66. The molecule has 71 heavy (non-hydrogen) atoms. The van der Waals surface area contributed by atoms with E-state index in [1.165, 1.54) is 6.92 Å². The Bertz CT molecular complexity index is 1860. The number of fused-ring (bicyclic) bond motifs is 2. The highest BCUT2D eigenvalue weighted by atomic mass is 16.7. The third-order valence-electron chi connectivity index (χ3n) is 20.3. The van der Waals surface area contributed by atoms with Gasteiger partial charge in [0.05, 0.1) is 38.6 Å². The molecule has 21 nitrogen and oxygen atoms in total. The summed E-state index contributed by atoms with van der Waals surface area (Å²) in [5, 5.41) is 138. The summed E-state index contributed by atoms with van der Waals surface area (Å²) in [5.41, 5.74) is -2.58. The first-order chi connectivity index (χ1) is 33.2. The van der Waals surface area contributed by atoms with Crippen molar-refractivity contribution in [2.75, 3.05) is 26.4 Å². The van der Waals surface area contributed by atoms with Crippen molar-refractivity contribution in [3.8, 4) is 0 Å². The standard InChI is InChI=1S/C50H84O21/c1-22(8-11-30(66-23(2)54)45(3,4)71-44-41(64)38(61)35(58)27(69-44)19-65-42-39(62)36(59)33(56)25(17-51)67-42)32-24(55)16-48(7)29-10-9-28-46(5,21-53)31(70-43-40(63)37(60)34(57)26(18-52)68-43)12-13-49(28)20-50(29,49)15-14-47(32,48)6/h22,24-44,51-53,55-64H,8-21H2,1-7H3. The van der Waals surface area contributed by atoms with Gasteiger partial charge in [-0.3, -0.25) is 4.79 Å². The number of esters is 1. The molecule has 21 heteroatoms. The van der Waals surface area contributed by atoms with E-state index < -0.39 is 147 Å². The minimum atomic E-state index is -1.79. The minimum absolute atomic E-state index is 0.00873. The summed E-state index contributed by atoms with van der Waals surface area (Å²) in [6, 6.07) is 0. The van der Waals surface area contributed by atoms with Crippen LogP contribution in [0.15, 0.2) is 0 Å². The van der Waals surface area contributed by atoms with E-state index in [4.69, 9.17) is 33.2 Å². The van der Waals surface area contributed by atoms with Gasteiger partial charge in [0, 0.05) is 12.3 Å². The minimum Gasteiger partial charge on any atom is -0.460 e. The van der Waals surface area contributed by atoms with E-state index in [1.54, 1.807) is 13.8 Å². The van der Waals surface area contributed by atoms with Crippen molar-refractivity contribution >= 4 is 5.97 Å². The lowest BCUT2D eigenvalue weighted by atomic mass is 9.41. The molecule has 8 rings (SSSR count). The van der Waals surface area contributed by atoms with Crippen LogP contribution in [0.25, 0.3) is 0 Å². The van der Waals surface area contributed by atoms with Crippen molar-refractivity contribution < 1.29 is 104 Å². The van der Waals surface area contributed by atoms with Crippen molar-refractivity contribution in [1.82, 2.24) is 0 Å². The smallest absolute Gasteiger partial charge is 0.303 e. The quantitative estimate of drug-likeness (QED) is 0.0607. The summed E-state index contributed by atoms with van der Waals surface area (Å²) < 4.78 is 41.3. The summed E-state index contributed by atoms with van der Waals surface area (Å²) in [7, 11) is 0. The fourth-order valence-corrected chi connectivity index (χ4v) is 16.3. The molecule has 0 radical (unpaired) electrons. The van der Waals surface area contributed by atoms with Gasteiger partial charge >= 0.3 is 5.97 Å². The zero-order valence-corrected chi connectivity index (χ0v) is 42.2. The molecular formula is C50H84O21. The first-order valence-electron chi connectivity index (χ1n) is 25.9. The van der Waals surface area contributed by atoms with Crippen LogP contribution in [-0.4, -0.2) is 215 Å². The third-order valence-corrected chi connectivity index (χ3v) is 20.3. The van der Waals surface area contributed by atoms with Gasteiger partial charge in [-0.2, -0.15) is 0 Å². The average Bonchev–Trinajstić information content (AvgIpc) is 3.94. The zero-order chi connectivity index (χ0) is 52.1. The molecule has 0 aromatic rings. The van der Waals surface area contributed by atoms with E-state index in [9.17, 15) is 71.2 Å². The summed E-state index contributed by atoms with van der Waals surface area (Å²) >= 11 is 0. The Kier molecular flexibility index (Phi) is 16.0. The maximum absolute atomic E-state index is 12.7. The van der Waals surface area contributed by atoms with Crippen molar-refractivity contribution in [3.63, 3.8) is 0 Å². The normalized spacial score (nSPS) is 52.6. The van der Waals surface area contributed by atoms with Crippen molar-refractivity contribution in [1.29, 1.82) is 0 Å². The van der Waals surface area contributed by atoms with Crippen LogP contribution in [0.3, 0.4) is 0 Å². The number of rotatable bonds is 16. The predicted molar refractivity (Wildman–Crippen MR) is 244 cm³/mol. The number of carbonyl (C=O) groups is 1. The number of hydrogen-bond acceptors (Lipinski definition) is 21. The Morgan fingerprint density at radius 2 is 1.18 bits per heavy atom. The van der Waals surface area contributed by atoms with Crippen LogP contribution in [0.4, 0.5) is 0 Å². The summed E-state index contributed by atoms with van der Waals surface area (Å²) in [4.78, 5) is 12.7. The van der Waals surface area contributed by atoms with E-state index in [2.05, 4.69) is 20.8 Å². The molecule has 0 amide bonds. The third kappa shape index (κ3) is 9.06. The maximum Gasteiger partial charge on any atom is 0.303 e. The van der Waals surface area contributed by atoms with E-state index >= 15 is 0 Å². The Morgan fingerprint density at radius 1 is 0.648 bits per heavy atom. The zero-order valence-electron chi connectivity index (χ0n) is 42.2. The number of hydrogen-bond donors (Lipinski definition) is 13. The van der Waals surface area contributed by atoms with Gasteiger partial charge in [-0.05, 0) is 123 Å². The molecule has 2 spiro atoms. The molecule has 27 unspecified atom stereocenters. The van der Waals surface area contributed by atoms with Crippen LogP contribution in [0.1, 0.15) is 113 Å². The second-order valence-corrected chi connectivity index (χ2v) is 24.2. The molecule has 410 valence electrons. The van der Waals surface area contributed by atoms with Gasteiger partial charge in [0.15, 0.2) is 18.9 Å². The van der Waals surface area contributed by atoms with Gasteiger partial charge in [-0.25, -0.2) is 0 Å². The molecule has 27 atom stereocenters. The van der Waals surface area contributed by atoms with Crippen LogP contribution < -0.4 is 0 Å². The van der Waals surface area contributed by atoms with Crippen molar-refractivity contribution in [2.24, 2.45) is 50.7 Å². The highest BCUT2D eigenvalue weighted by Gasteiger charge is 2.83. The first-order valence-corrected chi connectivity index (χ1v) is 25.9. The Morgan fingerprint density at radius 3 is 1.77 bits per heavy atom. The summed E-state index contributed by atoms with van der Waals surface area (Å²) in [6.45, 7) is 11.5. The largest absolute Gasteiger partial charge is 0.460 e. The average molecular weight is 1020 g/mol. The van der Waals surface area contributed by atoms with E-state index in [-0.39, 0.29) is 46.0 Å². The topological polar surface area (TPSA) is 345 Å². The molecule has 3 aliphatic heterocycles.